The van der Waals surface area contributed by atoms with Crippen LogP contribution in [0.25, 0.3) is 6.08 Å². The van der Waals surface area contributed by atoms with Crippen molar-refractivity contribution in [1.82, 2.24) is 0 Å². The van der Waals surface area contributed by atoms with Crippen molar-refractivity contribution in [2.75, 3.05) is 23.3 Å². The van der Waals surface area contributed by atoms with Gasteiger partial charge in [0.2, 0.25) is 5.88 Å². The second-order valence-corrected chi connectivity index (χ2v) is 6.48. The number of carbonyl (C=O) groups is 1. The van der Waals surface area contributed by atoms with E-state index in [1.54, 1.807) is 6.07 Å². The highest BCUT2D eigenvalue weighted by atomic mass is 79.9. The Hall–Kier alpha value is -2.59. The molecule has 2 aromatic rings. The van der Waals surface area contributed by atoms with Gasteiger partial charge in [0.15, 0.2) is 0 Å². The molecule has 1 N–H and O–H groups in total. The number of furan rings is 1. The fourth-order valence-electron chi connectivity index (χ4n) is 2.61. The molecule has 0 aliphatic carbocycles. The average molecular weight is 404 g/mol. The molecule has 0 bridgehead atoms. The van der Waals surface area contributed by atoms with Crippen LogP contribution in [0.15, 0.2) is 44.8 Å². The van der Waals surface area contributed by atoms with E-state index in [-0.39, 0.29) is 5.57 Å². The highest BCUT2D eigenvalue weighted by Crippen LogP contribution is 2.33. The van der Waals surface area contributed by atoms with Crippen LogP contribution in [0.4, 0.5) is 16.0 Å². The summed E-state index contributed by atoms with van der Waals surface area (Å²) in [5.41, 5.74) is 0.310. The summed E-state index contributed by atoms with van der Waals surface area (Å²) >= 11 is 3.45. The Morgan fingerprint density at radius 1 is 1.32 bits per heavy atom. The number of nitrogens with one attached hydrogen (secondary N) is 1. The van der Waals surface area contributed by atoms with Crippen molar-refractivity contribution in [2.45, 2.75) is 12.8 Å². The van der Waals surface area contributed by atoms with Gasteiger partial charge in [0, 0.05) is 30.9 Å². The molecule has 1 aromatic carbocycles. The van der Waals surface area contributed by atoms with Gasteiger partial charge in [-0.15, -0.1) is 0 Å². The smallest absolute Gasteiger partial charge is 0.266 e. The largest absolute Gasteiger partial charge is 0.440 e. The molecule has 1 aromatic heterocycles. The Morgan fingerprint density at radius 3 is 2.64 bits per heavy atom. The summed E-state index contributed by atoms with van der Waals surface area (Å²) < 4.78 is 19.5. The van der Waals surface area contributed by atoms with Crippen molar-refractivity contribution in [3.05, 3.63) is 52.0 Å². The van der Waals surface area contributed by atoms with Gasteiger partial charge in [-0.1, -0.05) is 0 Å². The molecule has 1 aliphatic heterocycles. The molecular weight excluding hydrogens is 389 g/mol. The molecule has 25 heavy (non-hydrogen) atoms. The van der Waals surface area contributed by atoms with Crippen molar-refractivity contribution in [3.8, 4) is 6.07 Å². The minimum Gasteiger partial charge on any atom is -0.440 e. The Bertz CT molecular complexity index is 846. The molecule has 0 saturated carbocycles. The Morgan fingerprint density at radius 2 is 2.00 bits per heavy atom. The lowest BCUT2D eigenvalue weighted by Crippen LogP contribution is -2.17. The summed E-state index contributed by atoms with van der Waals surface area (Å²) in [5, 5.41) is 11.8. The molecule has 1 aliphatic rings. The maximum Gasteiger partial charge on any atom is 0.266 e. The van der Waals surface area contributed by atoms with E-state index < -0.39 is 11.7 Å². The van der Waals surface area contributed by atoms with Crippen LogP contribution in [-0.4, -0.2) is 19.0 Å². The zero-order valence-electron chi connectivity index (χ0n) is 13.3. The number of amides is 1. The normalized spacial score (nSPS) is 14.4. The second-order valence-electron chi connectivity index (χ2n) is 5.63. The van der Waals surface area contributed by atoms with Crippen molar-refractivity contribution < 1.29 is 13.6 Å². The molecule has 1 saturated heterocycles. The molecule has 5 nitrogen and oxygen atoms in total. The number of anilines is 2. The number of carbonyl (C=O) groups excluding carboxylic acids is 1. The summed E-state index contributed by atoms with van der Waals surface area (Å²) in [6.45, 7) is 1.84. The highest BCUT2D eigenvalue weighted by Gasteiger charge is 2.20. The molecule has 0 atom stereocenters. The molecular formula is C18H15BrFN3O2. The van der Waals surface area contributed by atoms with Gasteiger partial charge in [-0.05, 0) is 53.0 Å². The summed E-state index contributed by atoms with van der Waals surface area (Å²) in [7, 11) is 0. The number of rotatable bonds is 4. The lowest BCUT2D eigenvalue weighted by molar-refractivity contribution is -0.112. The molecule has 1 amide bonds. The molecule has 2 heterocycles. The summed E-state index contributed by atoms with van der Waals surface area (Å²) in [5.74, 6) is 0.146. The van der Waals surface area contributed by atoms with Crippen LogP contribution in [0.1, 0.15) is 18.6 Å². The van der Waals surface area contributed by atoms with E-state index in [4.69, 9.17) is 4.42 Å². The first kappa shape index (κ1) is 17.2. The van der Waals surface area contributed by atoms with Crippen LogP contribution in [0.5, 0.6) is 0 Å². The van der Waals surface area contributed by atoms with Crippen molar-refractivity contribution in [2.24, 2.45) is 0 Å². The van der Waals surface area contributed by atoms with Crippen molar-refractivity contribution >= 4 is 39.5 Å². The van der Waals surface area contributed by atoms with E-state index in [0.717, 1.165) is 30.4 Å². The van der Waals surface area contributed by atoms with E-state index >= 15 is 0 Å². The SMILES string of the molecule is N#C/C(=C/c1cc(Br)c(N2CCCC2)o1)C(=O)Nc1ccc(F)cc1. The fraction of sp³-hybridized carbons (Fsp3) is 0.222. The first-order valence-corrected chi connectivity index (χ1v) is 8.59. The number of nitrogens with zero attached hydrogens (tertiary/aromatic N) is 2. The van der Waals surface area contributed by atoms with E-state index in [1.165, 1.54) is 30.3 Å². The Labute approximate surface area is 152 Å². The summed E-state index contributed by atoms with van der Waals surface area (Å²) in [6, 6.07) is 8.92. The van der Waals surface area contributed by atoms with Gasteiger partial charge in [-0.2, -0.15) is 5.26 Å². The maximum atomic E-state index is 12.9. The minimum absolute atomic E-state index is 0.0986. The number of hydrogen-bond acceptors (Lipinski definition) is 4. The molecule has 1 fully saturated rings. The Balaban J connectivity index is 1.78. The number of nitriles is 1. The van der Waals surface area contributed by atoms with Gasteiger partial charge in [-0.25, -0.2) is 4.39 Å². The van der Waals surface area contributed by atoms with Crippen LogP contribution >= 0.6 is 15.9 Å². The fourth-order valence-corrected chi connectivity index (χ4v) is 3.16. The minimum atomic E-state index is -0.579. The third kappa shape index (κ3) is 4.09. The van der Waals surface area contributed by atoms with Crippen LogP contribution in [0.2, 0.25) is 0 Å². The number of halogens is 2. The topological polar surface area (TPSA) is 69.3 Å². The molecule has 3 rings (SSSR count). The first-order valence-electron chi connectivity index (χ1n) is 7.80. The molecule has 0 spiro atoms. The van der Waals surface area contributed by atoms with E-state index in [1.807, 2.05) is 6.07 Å². The van der Waals surface area contributed by atoms with E-state index in [2.05, 4.69) is 26.1 Å². The van der Waals surface area contributed by atoms with Crippen LogP contribution in [0.3, 0.4) is 0 Å². The zero-order valence-corrected chi connectivity index (χ0v) is 14.8. The lowest BCUT2D eigenvalue weighted by Gasteiger charge is -2.13. The quantitative estimate of drug-likeness (QED) is 0.609. The van der Waals surface area contributed by atoms with Crippen LogP contribution in [0, 0.1) is 17.1 Å². The molecule has 0 radical (unpaired) electrons. The van der Waals surface area contributed by atoms with Gasteiger partial charge < -0.3 is 14.6 Å². The summed E-state index contributed by atoms with van der Waals surface area (Å²) in [4.78, 5) is 14.3. The summed E-state index contributed by atoms with van der Waals surface area (Å²) in [6.07, 6.45) is 3.62. The van der Waals surface area contributed by atoms with Gasteiger partial charge in [0.25, 0.3) is 5.91 Å². The number of hydrogen-bond donors (Lipinski definition) is 1. The predicted octanol–water partition coefficient (Wildman–Crippen LogP) is 4.33. The second kappa shape index (κ2) is 7.53. The van der Waals surface area contributed by atoms with Gasteiger partial charge >= 0.3 is 0 Å². The highest BCUT2D eigenvalue weighted by molar-refractivity contribution is 9.10. The van der Waals surface area contributed by atoms with Crippen LogP contribution in [-0.2, 0) is 4.79 Å². The van der Waals surface area contributed by atoms with Gasteiger partial charge in [0.1, 0.15) is 23.2 Å². The van der Waals surface area contributed by atoms with Gasteiger partial charge in [-0.3, -0.25) is 4.79 Å². The number of benzene rings is 1. The standard InChI is InChI=1S/C18H15BrFN3O2/c19-16-10-15(25-18(16)23-7-1-2-8-23)9-12(11-21)17(24)22-14-5-3-13(20)4-6-14/h3-6,9-10H,1-2,7-8H2,(H,22,24)/b12-9-. The predicted molar refractivity (Wildman–Crippen MR) is 96.5 cm³/mol. The molecule has 128 valence electrons. The lowest BCUT2D eigenvalue weighted by atomic mass is 10.2. The van der Waals surface area contributed by atoms with Gasteiger partial charge in [0.05, 0.1) is 4.47 Å². The first-order chi connectivity index (χ1) is 12.1. The monoisotopic (exact) mass is 403 g/mol. The molecule has 0 unspecified atom stereocenters. The van der Waals surface area contributed by atoms with E-state index in [9.17, 15) is 14.4 Å². The third-order valence-corrected chi connectivity index (χ3v) is 4.40. The van der Waals surface area contributed by atoms with Crippen molar-refractivity contribution in [1.29, 1.82) is 5.26 Å². The molecule has 7 heteroatoms. The van der Waals surface area contributed by atoms with Crippen LogP contribution < -0.4 is 10.2 Å². The Kier molecular flexibility index (Phi) is 5.19. The van der Waals surface area contributed by atoms with E-state index in [0.29, 0.717) is 17.3 Å². The zero-order chi connectivity index (χ0) is 17.8. The van der Waals surface area contributed by atoms with Crippen molar-refractivity contribution in [3.63, 3.8) is 0 Å². The third-order valence-electron chi connectivity index (χ3n) is 3.83. The maximum absolute atomic E-state index is 12.9. The average Bonchev–Trinajstić information content (AvgIpc) is 3.24.